The third kappa shape index (κ3) is 3.01. The zero-order valence-corrected chi connectivity index (χ0v) is 13.9. The van der Waals surface area contributed by atoms with E-state index >= 15 is 0 Å². The molecule has 0 saturated carbocycles. The molecule has 1 saturated heterocycles. The van der Waals surface area contributed by atoms with E-state index in [1.165, 1.54) is 16.2 Å². The quantitative estimate of drug-likeness (QED) is 0.861. The third-order valence-corrected chi connectivity index (χ3v) is 5.66. The smallest absolute Gasteiger partial charge is 0.265 e. The number of amides is 2. The van der Waals surface area contributed by atoms with Gasteiger partial charge >= 0.3 is 0 Å². The van der Waals surface area contributed by atoms with Crippen molar-refractivity contribution in [2.24, 2.45) is 0 Å². The summed E-state index contributed by atoms with van der Waals surface area (Å²) in [5.41, 5.74) is 0. The maximum atomic E-state index is 12.6. The number of hydrogen-bond acceptors (Lipinski definition) is 4. The third-order valence-electron chi connectivity index (χ3n) is 3.28. The summed E-state index contributed by atoms with van der Waals surface area (Å²) in [6, 6.07) is 3.56. The molecule has 2 rings (SSSR count). The number of thioether (sulfide) groups is 1. The minimum atomic E-state index is -0.327. The summed E-state index contributed by atoms with van der Waals surface area (Å²) in [4.78, 5) is 29.9. The molecule has 1 aromatic rings. The molecule has 20 heavy (non-hydrogen) atoms. The maximum Gasteiger partial charge on any atom is 0.265 e. The fourth-order valence-electron chi connectivity index (χ4n) is 2.07. The van der Waals surface area contributed by atoms with Crippen molar-refractivity contribution in [2.75, 3.05) is 25.7 Å². The fraction of sp³-hybridized carbons (Fsp3) is 0.571. The minimum Gasteiger partial charge on any atom is -0.347 e. The predicted octanol–water partition coefficient (Wildman–Crippen LogP) is 2.47. The SMILES string of the molecule is CC(C)c1ccc(C(=O)N2CSC[C@@H]2C(=O)N(C)C)s1. The molecule has 1 aliphatic heterocycles. The van der Waals surface area contributed by atoms with E-state index in [0.29, 0.717) is 17.5 Å². The molecule has 1 aliphatic rings. The van der Waals surface area contributed by atoms with E-state index in [9.17, 15) is 9.59 Å². The van der Waals surface area contributed by atoms with Crippen molar-refractivity contribution in [1.82, 2.24) is 9.80 Å². The Morgan fingerprint density at radius 3 is 2.60 bits per heavy atom. The molecule has 0 bridgehead atoms. The van der Waals surface area contributed by atoms with E-state index in [1.807, 2.05) is 12.1 Å². The highest BCUT2D eigenvalue weighted by Crippen LogP contribution is 2.29. The Morgan fingerprint density at radius 2 is 2.05 bits per heavy atom. The van der Waals surface area contributed by atoms with Crippen LogP contribution in [0.25, 0.3) is 0 Å². The van der Waals surface area contributed by atoms with Crippen LogP contribution in [0.2, 0.25) is 0 Å². The summed E-state index contributed by atoms with van der Waals surface area (Å²) in [6.07, 6.45) is 0. The second kappa shape index (κ2) is 6.18. The largest absolute Gasteiger partial charge is 0.347 e. The maximum absolute atomic E-state index is 12.6. The highest BCUT2D eigenvalue weighted by Gasteiger charge is 2.36. The fourth-order valence-corrected chi connectivity index (χ4v) is 4.18. The zero-order valence-electron chi connectivity index (χ0n) is 12.3. The molecule has 1 fully saturated rings. The lowest BCUT2D eigenvalue weighted by Gasteiger charge is -2.24. The van der Waals surface area contributed by atoms with Crippen molar-refractivity contribution >= 4 is 34.9 Å². The van der Waals surface area contributed by atoms with Crippen LogP contribution in [0, 0.1) is 0 Å². The van der Waals surface area contributed by atoms with Crippen molar-refractivity contribution < 1.29 is 9.59 Å². The lowest BCUT2D eigenvalue weighted by atomic mass is 10.2. The van der Waals surface area contributed by atoms with E-state index in [4.69, 9.17) is 0 Å². The van der Waals surface area contributed by atoms with Crippen LogP contribution in [0.4, 0.5) is 0 Å². The number of nitrogens with zero attached hydrogens (tertiary/aromatic N) is 2. The summed E-state index contributed by atoms with van der Waals surface area (Å²) in [6.45, 7) is 4.23. The van der Waals surface area contributed by atoms with Gasteiger partial charge in [0.25, 0.3) is 5.91 Å². The highest BCUT2D eigenvalue weighted by atomic mass is 32.2. The Balaban J connectivity index is 2.16. The monoisotopic (exact) mass is 312 g/mol. The van der Waals surface area contributed by atoms with Crippen LogP contribution < -0.4 is 0 Å². The van der Waals surface area contributed by atoms with Gasteiger partial charge in [0.15, 0.2) is 0 Å². The summed E-state index contributed by atoms with van der Waals surface area (Å²) in [5, 5.41) is 0. The first-order valence-corrected chi connectivity index (χ1v) is 8.58. The summed E-state index contributed by atoms with van der Waals surface area (Å²) < 4.78 is 0. The minimum absolute atomic E-state index is 0.00369. The molecule has 0 unspecified atom stereocenters. The Bertz CT molecular complexity index is 511. The summed E-state index contributed by atoms with van der Waals surface area (Å²) in [5.74, 6) is 1.69. The summed E-state index contributed by atoms with van der Waals surface area (Å²) >= 11 is 3.17. The Morgan fingerprint density at radius 1 is 1.35 bits per heavy atom. The van der Waals surface area contributed by atoms with E-state index in [1.54, 1.807) is 35.7 Å². The van der Waals surface area contributed by atoms with Gasteiger partial charge in [0.05, 0.1) is 10.8 Å². The van der Waals surface area contributed by atoms with Gasteiger partial charge in [0.1, 0.15) is 6.04 Å². The zero-order chi connectivity index (χ0) is 14.9. The van der Waals surface area contributed by atoms with Crippen molar-refractivity contribution in [3.8, 4) is 0 Å². The predicted molar refractivity (Wildman–Crippen MR) is 84.4 cm³/mol. The van der Waals surface area contributed by atoms with Crippen LogP contribution in [-0.4, -0.2) is 53.4 Å². The highest BCUT2D eigenvalue weighted by molar-refractivity contribution is 7.99. The van der Waals surface area contributed by atoms with Gasteiger partial charge in [-0.25, -0.2) is 0 Å². The number of carbonyl (C=O) groups is 2. The van der Waals surface area contributed by atoms with Gasteiger partial charge in [-0.15, -0.1) is 23.1 Å². The van der Waals surface area contributed by atoms with E-state index in [2.05, 4.69) is 13.8 Å². The Kier molecular flexibility index (Phi) is 4.75. The summed E-state index contributed by atoms with van der Waals surface area (Å²) in [7, 11) is 3.46. The number of rotatable bonds is 3. The number of carbonyl (C=O) groups excluding carboxylic acids is 2. The van der Waals surface area contributed by atoms with E-state index in [0.717, 1.165) is 4.88 Å². The first kappa shape index (κ1) is 15.4. The van der Waals surface area contributed by atoms with Crippen molar-refractivity contribution in [2.45, 2.75) is 25.8 Å². The van der Waals surface area contributed by atoms with E-state index in [-0.39, 0.29) is 17.9 Å². The molecule has 0 spiro atoms. The van der Waals surface area contributed by atoms with Gasteiger partial charge in [-0.1, -0.05) is 13.8 Å². The van der Waals surface area contributed by atoms with Crippen LogP contribution in [-0.2, 0) is 4.79 Å². The first-order chi connectivity index (χ1) is 9.41. The van der Waals surface area contributed by atoms with Gasteiger partial charge in [0.2, 0.25) is 5.91 Å². The molecular formula is C14H20N2O2S2. The lowest BCUT2D eigenvalue weighted by Crippen LogP contribution is -2.46. The molecule has 110 valence electrons. The molecule has 0 N–H and O–H groups in total. The standard InChI is InChI=1S/C14H20N2O2S2/c1-9(2)11-5-6-12(20-11)14(18)16-8-19-7-10(16)13(17)15(3)4/h5-6,9-10H,7-8H2,1-4H3/t10-/m1/s1. The van der Waals surface area contributed by atoms with Crippen molar-refractivity contribution in [3.63, 3.8) is 0 Å². The average molecular weight is 312 g/mol. The van der Waals surface area contributed by atoms with Gasteiger partial charge in [-0.05, 0) is 18.1 Å². The normalized spacial score (nSPS) is 18.6. The second-order valence-electron chi connectivity index (χ2n) is 5.38. The topological polar surface area (TPSA) is 40.6 Å². The first-order valence-electron chi connectivity index (χ1n) is 6.61. The second-order valence-corrected chi connectivity index (χ2v) is 7.50. The van der Waals surface area contributed by atoms with Crippen LogP contribution in [0.15, 0.2) is 12.1 Å². The van der Waals surface area contributed by atoms with Gasteiger partial charge in [0, 0.05) is 24.7 Å². The molecular weight excluding hydrogens is 292 g/mol. The molecule has 0 aliphatic carbocycles. The molecule has 1 aromatic heterocycles. The molecule has 2 amide bonds. The molecule has 1 atom stereocenters. The van der Waals surface area contributed by atoms with Gasteiger partial charge in [-0.3, -0.25) is 9.59 Å². The number of thiophene rings is 1. The van der Waals surface area contributed by atoms with Crippen LogP contribution in [0.1, 0.15) is 34.3 Å². The average Bonchev–Trinajstić information content (AvgIpc) is 3.05. The van der Waals surface area contributed by atoms with Crippen molar-refractivity contribution in [3.05, 3.63) is 21.9 Å². The molecule has 2 heterocycles. The van der Waals surface area contributed by atoms with Gasteiger partial charge < -0.3 is 9.80 Å². The van der Waals surface area contributed by atoms with Crippen LogP contribution >= 0.6 is 23.1 Å². The molecule has 6 heteroatoms. The molecule has 0 aromatic carbocycles. The molecule has 4 nitrogen and oxygen atoms in total. The Labute approximate surface area is 128 Å². The Hall–Kier alpha value is -1.01. The van der Waals surface area contributed by atoms with Crippen LogP contribution in [0.5, 0.6) is 0 Å². The van der Waals surface area contributed by atoms with Crippen LogP contribution in [0.3, 0.4) is 0 Å². The molecule has 0 radical (unpaired) electrons. The van der Waals surface area contributed by atoms with E-state index < -0.39 is 0 Å². The number of likely N-dealkylation sites (N-methyl/N-ethyl adjacent to an activating group) is 1. The van der Waals surface area contributed by atoms with Crippen molar-refractivity contribution in [1.29, 1.82) is 0 Å². The van der Waals surface area contributed by atoms with Gasteiger partial charge in [-0.2, -0.15) is 0 Å². The lowest BCUT2D eigenvalue weighted by molar-refractivity contribution is -0.132. The number of hydrogen-bond donors (Lipinski definition) is 0.